The fourth-order valence-electron chi connectivity index (χ4n) is 2.13. The van der Waals surface area contributed by atoms with Crippen LogP contribution in [0, 0.1) is 0 Å². The third-order valence-electron chi connectivity index (χ3n) is 3.82. The van der Waals surface area contributed by atoms with E-state index in [1.165, 1.54) is 6.20 Å². The molecule has 1 amide bonds. The second kappa shape index (κ2) is 9.41. The molecular weight excluding hydrogens is 371 g/mol. The first-order valence-corrected chi connectivity index (χ1v) is 9.00. The highest BCUT2D eigenvalue weighted by molar-refractivity contribution is 6.37. The van der Waals surface area contributed by atoms with Crippen LogP contribution in [0.2, 0.25) is 10.0 Å². The monoisotopic (exact) mass is 390 g/mol. The van der Waals surface area contributed by atoms with Crippen molar-refractivity contribution in [2.75, 3.05) is 5.32 Å². The maximum atomic E-state index is 12.9. The van der Waals surface area contributed by atoms with Gasteiger partial charge in [-0.2, -0.15) is 0 Å². The Kier molecular flexibility index (Phi) is 7.25. The second-order valence-electron chi connectivity index (χ2n) is 5.80. The molecule has 136 valence electrons. The number of nitrogens with one attached hydrogen (secondary N) is 2. The molecule has 0 aliphatic rings. The molecule has 2 rings (SSSR count). The fraction of sp³-hybridized carbons (Fsp3) is 0.200. The van der Waals surface area contributed by atoms with Gasteiger partial charge in [-0.1, -0.05) is 42.3 Å². The summed E-state index contributed by atoms with van der Waals surface area (Å²) in [5.41, 5.74) is 0.959. The highest BCUT2D eigenvalue weighted by atomic mass is 35.5. The minimum Gasteiger partial charge on any atom is -0.361 e. The lowest BCUT2D eigenvalue weighted by Crippen LogP contribution is -2.35. The van der Waals surface area contributed by atoms with Gasteiger partial charge >= 0.3 is 0 Å². The summed E-state index contributed by atoms with van der Waals surface area (Å²) < 4.78 is 0. The molecule has 0 spiro atoms. The average molecular weight is 391 g/mol. The number of anilines is 1. The summed E-state index contributed by atoms with van der Waals surface area (Å²) >= 11 is 12.0. The van der Waals surface area contributed by atoms with E-state index < -0.39 is 11.7 Å². The largest absolute Gasteiger partial charge is 0.361 e. The Labute approximate surface area is 163 Å². The maximum Gasteiger partial charge on any atom is 0.256 e. The van der Waals surface area contributed by atoms with Crippen LogP contribution in [0.3, 0.4) is 0 Å². The summed E-state index contributed by atoms with van der Waals surface area (Å²) in [7, 11) is 0. The number of halogens is 2. The molecular formula is C20H20Cl2N2O2. The maximum absolute atomic E-state index is 12.9. The predicted molar refractivity (Wildman–Crippen MR) is 107 cm³/mol. The van der Waals surface area contributed by atoms with Gasteiger partial charge < -0.3 is 10.6 Å². The number of benzene rings is 2. The van der Waals surface area contributed by atoms with Crippen LogP contribution >= 0.6 is 23.2 Å². The summed E-state index contributed by atoms with van der Waals surface area (Å²) in [5, 5.41) is 6.68. The van der Waals surface area contributed by atoms with Crippen LogP contribution in [0.4, 0.5) is 5.69 Å². The van der Waals surface area contributed by atoms with Gasteiger partial charge in [-0.05, 0) is 49.7 Å². The lowest BCUT2D eigenvalue weighted by molar-refractivity contribution is -0.117. The molecule has 2 aromatic rings. The number of rotatable bonds is 7. The van der Waals surface area contributed by atoms with Crippen molar-refractivity contribution in [3.63, 3.8) is 0 Å². The Morgan fingerprint density at radius 2 is 1.73 bits per heavy atom. The van der Waals surface area contributed by atoms with Crippen molar-refractivity contribution in [2.45, 2.75) is 26.3 Å². The summed E-state index contributed by atoms with van der Waals surface area (Å²) in [6, 6.07) is 13.5. The lowest BCUT2D eigenvalue weighted by Gasteiger charge is -2.14. The van der Waals surface area contributed by atoms with Crippen LogP contribution in [0.15, 0.2) is 60.3 Å². The van der Waals surface area contributed by atoms with Gasteiger partial charge in [-0.15, -0.1) is 0 Å². The van der Waals surface area contributed by atoms with E-state index in [9.17, 15) is 9.59 Å². The molecule has 2 aromatic carbocycles. The lowest BCUT2D eigenvalue weighted by atomic mass is 10.0. The molecule has 2 N–H and O–H groups in total. The van der Waals surface area contributed by atoms with E-state index in [1.54, 1.807) is 48.5 Å². The van der Waals surface area contributed by atoms with Crippen LogP contribution in [-0.2, 0) is 4.79 Å². The zero-order chi connectivity index (χ0) is 19.1. The molecule has 0 radical (unpaired) electrons. The molecule has 1 atom stereocenters. The zero-order valence-corrected chi connectivity index (χ0v) is 16.1. The summed E-state index contributed by atoms with van der Waals surface area (Å²) in [6.07, 6.45) is 2.15. The van der Waals surface area contributed by atoms with Crippen LogP contribution in [0.5, 0.6) is 0 Å². The van der Waals surface area contributed by atoms with E-state index in [1.807, 2.05) is 13.8 Å². The van der Waals surface area contributed by atoms with Gasteiger partial charge in [0, 0.05) is 28.5 Å². The Morgan fingerprint density at radius 3 is 2.35 bits per heavy atom. The standard InChI is InChI=1S/C20H20Cl2N2O2/c1-3-13(2)24-20(26)17(12-23-15-10-8-14(21)9-11-15)19(25)16-6-4-5-7-18(16)22/h4-13,23H,3H2,1-2H3,(H,24,26). The van der Waals surface area contributed by atoms with Crippen molar-refractivity contribution < 1.29 is 9.59 Å². The van der Waals surface area contributed by atoms with Crippen LogP contribution in [0.25, 0.3) is 0 Å². The van der Waals surface area contributed by atoms with Crippen molar-refractivity contribution >= 4 is 40.6 Å². The number of hydrogen-bond acceptors (Lipinski definition) is 3. The van der Waals surface area contributed by atoms with Crippen LogP contribution in [-0.4, -0.2) is 17.7 Å². The van der Waals surface area contributed by atoms with E-state index in [4.69, 9.17) is 23.2 Å². The van der Waals surface area contributed by atoms with Crippen molar-refractivity contribution in [2.24, 2.45) is 0 Å². The van der Waals surface area contributed by atoms with E-state index in [-0.39, 0.29) is 17.2 Å². The van der Waals surface area contributed by atoms with Crippen molar-refractivity contribution in [1.82, 2.24) is 5.32 Å². The summed E-state index contributed by atoms with van der Waals surface area (Å²) in [6.45, 7) is 3.83. The van der Waals surface area contributed by atoms with Gasteiger partial charge in [-0.25, -0.2) is 0 Å². The Bertz CT molecular complexity index is 817. The highest BCUT2D eigenvalue weighted by Gasteiger charge is 2.22. The fourth-order valence-corrected chi connectivity index (χ4v) is 2.48. The van der Waals surface area contributed by atoms with Gasteiger partial charge in [0.15, 0.2) is 0 Å². The van der Waals surface area contributed by atoms with Crippen molar-refractivity contribution in [3.05, 3.63) is 75.9 Å². The quantitative estimate of drug-likeness (QED) is 0.299. The molecule has 0 fully saturated rings. The minimum atomic E-state index is -0.453. The number of hydrogen-bond donors (Lipinski definition) is 2. The molecule has 0 saturated heterocycles. The number of Topliss-reactive ketones (excluding diaryl/α,β-unsaturated/α-hetero) is 1. The molecule has 26 heavy (non-hydrogen) atoms. The first kappa shape index (κ1) is 20.0. The molecule has 0 saturated carbocycles. The van der Waals surface area contributed by atoms with Gasteiger partial charge in [0.1, 0.15) is 5.57 Å². The first-order valence-electron chi connectivity index (χ1n) is 8.24. The predicted octanol–water partition coefficient (Wildman–Crippen LogP) is 5.09. The Morgan fingerprint density at radius 1 is 1.08 bits per heavy atom. The normalized spacial score (nSPS) is 12.4. The smallest absolute Gasteiger partial charge is 0.256 e. The van der Waals surface area contributed by atoms with E-state index >= 15 is 0 Å². The molecule has 1 unspecified atom stereocenters. The van der Waals surface area contributed by atoms with Gasteiger partial charge in [0.25, 0.3) is 5.91 Å². The first-order chi connectivity index (χ1) is 12.4. The molecule has 4 nitrogen and oxygen atoms in total. The number of amides is 1. The Balaban J connectivity index is 2.33. The number of carbonyl (C=O) groups is 2. The highest BCUT2D eigenvalue weighted by Crippen LogP contribution is 2.20. The third-order valence-corrected chi connectivity index (χ3v) is 4.41. The topological polar surface area (TPSA) is 58.2 Å². The minimum absolute atomic E-state index is 0.0200. The number of ketones is 1. The third kappa shape index (κ3) is 5.35. The van der Waals surface area contributed by atoms with Crippen molar-refractivity contribution in [3.8, 4) is 0 Å². The van der Waals surface area contributed by atoms with Gasteiger partial charge in [0.05, 0.1) is 5.02 Å². The summed E-state index contributed by atoms with van der Waals surface area (Å²) in [5.74, 6) is -0.899. The average Bonchev–Trinajstić information content (AvgIpc) is 2.63. The molecule has 0 heterocycles. The second-order valence-corrected chi connectivity index (χ2v) is 6.64. The van der Waals surface area contributed by atoms with Crippen LogP contribution < -0.4 is 10.6 Å². The molecule has 0 bridgehead atoms. The SMILES string of the molecule is CCC(C)NC(=O)C(=CNc1ccc(Cl)cc1)C(=O)c1ccccc1Cl. The Hall–Kier alpha value is -2.30. The number of carbonyl (C=O) groups excluding carboxylic acids is 2. The van der Waals surface area contributed by atoms with Gasteiger partial charge in [0.2, 0.25) is 5.78 Å². The van der Waals surface area contributed by atoms with Crippen LogP contribution in [0.1, 0.15) is 30.6 Å². The van der Waals surface area contributed by atoms with Crippen molar-refractivity contribution in [1.29, 1.82) is 0 Å². The summed E-state index contributed by atoms with van der Waals surface area (Å²) in [4.78, 5) is 25.5. The molecule has 6 heteroatoms. The van der Waals surface area contributed by atoms with E-state index in [0.29, 0.717) is 15.7 Å². The van der Waals surface area contributed by atoms with Gasteiger partial charge in [-0.3, -0.25) is 9.59 Å². The molecule has 0 aliphatic carbocycles. The van der Waals surface area contributed by atoms with E-state index in [0.717, 1.165) is 6.42 Å². The van der Waals surface area contributed by atoms with E-state index in [2.05, 4.69) is 10.6 Å². The molecule has 0 aliphatic heterocycles. The molecule has 0 aromatic heterocycles. The zero-order valence-electron chi connectivity index (χ0n) is 14.6.